The van der Waals surface area contributed by atoms with E-state index in [-0.39, 0.29) is 33.0 Å². The molecule has 3 rings (SSSR count). The highest BCUT2D eigenvalue weighted by Gasteiger charge is 2.21. The summed E-state index contributed by atoms with van der Waals surface area (Å²) < 4.78 is 31.6. The number of fused-ring (bicyclic) bond motifs is 1. The molecule has 0 atom stereocenters. The van der Waals surface area contributed by atoms with Crippen molar-refractivity contribution < 1.29 is 27.8 Å². The van der Waals surface area contributed by atoms with Gasteiger partial charge in [-0.3, -0.25) is 19.5 Å². The fourth-order valence-corrected chi connectivity index (χ4v) is 3.25. The third-order valence-electron chi connectivity index (χ3n) is 4.10. The van der Waals surface area contributed by atoms with E-state index in [2.05, 4.69) is 5.32 Å². The van der Waals surface area contributed by atoms with Crippen molar-refractivity contribution in [3.63, 3.8) is 0 Å². The molecule has 0 bridgehead atoms. The van der Waals surface area contributed by atoms with Gasteiger partial charge in [0, 0.05) is 11.5 Å². The van der Waals surface area contributed by atoms with Crippen LogP contribution in [-0.2, 0) is 10.1 Å². The van der Waals surface area contributed by atoms with E-state index in [1.807, 2.05) is 0 Å². The van der Waals surface area contributed by atoms with E-state index in [0.29, 0.717) is 10.9 Å². The largest absolute Gasteiger partial charge is 0.505 e. The van der Waals surface area contributed by atoms with Gasteiger partial charge in [0.15, 0.2) is 0 Å². The summed E-state index contributed by atoms with van der Waals surface area (Å²) in [4.78, 5) is 22.7. The Kier molecular flexibility index (Phi) is 4.75. The molecule has 10 heteroatoms. The number of carbonyl (C=O) groups excluding carboxylic acids is 1. The van der Waals surface area contributed by atoms with Gasteiger partial charge in [0.1, 0.15) is 11.3 Å². The number of carbonyl (C=O) groups is 1. The molecule has 0 spiro atoms. The Morgan fingerprint density at radius 3 is 2.46 bits per heavy atom. The van der Waals surface area contributed by atoms with Gasteiger partial charge in [0.25, 0.3) is 21.7 Å². The first-order valence-electron chi connectivity index (χ1n) is 7.87. The summed E-state index contributed by atoms with van der Waals surface area (Å²) in [5, 5.41) is 24.5. The minimum Gasteiger partial charge on any atom is -0.505 e. The van der Waals surface area contributed by atoms with Crippen LogP contribution in [0.5, 0.6) is 5.75 Å². The van der Waals surface area contributed by atoms with Crippen molar-refractivity contribution in [3.8, 4) is 5.75 Å². The maximum atomic E-state index is 12.5. The number of nitrogens with one attached hydrogen (secondary N) is 1. The van der Waals surface area contributed by atoms with Gasteiger partial charge < -0.3 is 10.4 Å². The number of nitrogens with zero attached hydrogens (tertiary/aromatic N) is 1. The lowest BCUT2D eigenvalue weighted by molar-refractivity contribution is -0.385. The summed E-state index contributed by atoms with van der Waals surface area (Å²) >= 11 is 0. The number of nitro benzene ring substituents is 1. The number of hydrogen-bond donors (Lipinski definition) is 3. The van der Waals surface area contributed by atoms with Crippen LogP contribution < -0.4 is 5.32 Å². The lowest BCUT2D eigenvalue weighted by Crippen LogP contribution is -2.14. The average molecular weight is 402 g/mol. The van der Waals surface area contributed by atoms with E-state index < -0.39 is 20.9 Å². The van der Waals surface area contributed by atoms with Crippen molar-refractivity contribution >= 4 is 38.2 Å². The van der Waals surface area contributed by atoms with E-state index in [9.17, 15) is 28.4 Å². The summed E-state index contributed by atoms with van der Waals surface area (Å²) in [5.41, 5.74) is 0.108. The van der Waals surface area contributed by atoms with Crippen LogP contribution >= 0.6 is 0 Å². The monoisotopic (exact) mass is 402 g/mol. The van der Waals surface area contributed by atoms with Gasteiger partial charge in [0.2, 0.25) is 0 Å². The van der Waals surface area contributed by atoms with E-state index in [1.165, 1.54) is 42.5 Å². The molecule has 0 aromatic heterocycles. The molecule has 9 nitrogen and oxygen atoms in total. The van der Waals surface area contributed by atoms with Gasteiger partial charge in [-0.1, -0.05) is 12.1 Å². The quantitative estimate of drug-likeness (QED) is 0.263. The van der Waals surface area contributed by atoms with Crippen LogP contribution in [-0.4, -0.2) is 28.9 Å². The molecule has 3 aromatic carbocycles. The summed E-state index contributed by atoms with van der Waals surface area (Å²) in [7, 11) is -4.40. The van der Waals surface area contributed by atoms with Gasteiger partial charge in [-0.2, -0.15) is 8.42 Å². The number of amides is 1. The number of aromatic hydroxyl groups is 1. The molecular formula is C18H14N2O7S. The van der Waals surface area contributed by atoms with Crippen molar-refractivity contribution in [1.82, 2.24) is 0 Å². The molecule has 3 aromatic rings. The first kappa shape index (κ1) is 19.3. The second-order valence-electron chi connectivity index (χ2n) is 6.05. The van der Waals surface area contributed by atoms with Crippen LogP contribution in [0.1, 0.15) is 15.9 Å². The minimum absolute atomic E-state index is 0.00657. The Labute approximate surface area is 159 Å². The fourth-order valence-electron chi connectivity index (χ4n) is 2.73. The SMILES string of the molecule is Cc1ccc([N+](=O)[O-])c(C(=O)Nc2ccc3cc(S(=O)(=O)O)ccc3c2O)c1. The number of hydrogen-bond acceptors (Lipinski definition) is 6. The zero-order chi connectivity index (χ0) is 20.6. The Balaban J connectivity index is 2.02. The Morgan fingerprint density at radius 1 is 1.11 bits per heavy atom. The topological polar surface area (TPSA) is 147 Å². The number of rotatable bonds is 4. The van der Waals surface area contributed by atoms with Gasteiger partial charge in [-0.25, -0.2) is 0 Å². The Hall–Kier alpha value is -3.50. The first-order chi connectivity index (χ1) is 13.1. The lowest BCUT2D eigenvalue weighted by Gasteiger charge is -2.11. The zero-order valence-electron chi connectivity index (χ0n) is 14.4. The molecule has 1 amide bonds. The second kappa shape index (κ2) is 6.91. The number of benzene rings is 3. The Morgan fingerprint density at radius 2 is 1.82 bits per heavy atom. The third-order valence-corrected chi connectivity index (χ3v) is 4.95. The summed E-state index contributed by atoms with van der Waals surface area (Å²) in [5.74, 6) is -1.12. The molecule has 3 N–H and O–H groups in total. The first-order valence-corrected chi connectivity index (χ1v) is 9.31. The summed E-state index contributed by atoms with van der Waals surface area (Å²) in [6, 6.07) is 10.4. The van der Waals surface area contributed by atoms with E-state index in [1.54, 1.807) is 6.92 Å². The van der Waals surface area contributed by atoms with Crippen molar-refractivity contribution in [2.75, 3.05) is 5.32 Å². The van der Waals surface area contributed by atoms with Gasteiger partial charge >= 0.3 is 0 Å². The summed E-state index contributed by atoms with van der Waals surface area (Å²) in [6.45, 7) is 1.68. The summed E-state index contributed by atoms with van der Waals surface area (Å²) in [6.07, 6.45) is 0. The normalized spacial score (nSPS) is 11.4. The molecule has 0 unspecified atom stereocenters. The van der Waals surface area contributed by atoms with E-state index in [4.69, 9.17) is 4.55 Å². The molecule has 0 fully saturated rings. The average Bonchev–Trinajstić information content (AvgIpc) is 2.62. The van der Waals surface area contributed by atoms with Crippen LogP contribution in [0.3, 0.4) is 0 Å². The number of anilines is 1. The molecule has 0 radical (unpaired) electrons. The molecule has 0 saturated heterocycles. The van der Waals surface area contributed by atoms with Gasteiger partial charge in [-0.15, -0.1) is 0 Å². The zero-order valence-corrected chi connectivity index (χ0v) is 15.2. The molecule has 144 valence electrons. The predicted molar refractivity (Wildman–Crippen MR) is 101 cm³/mol. The number of phenolic OH excluding ortho intramolecular Hbond substituents is 1. The molecular weight excluding hydrogens is 388 g/mol. The fraction of sp³-hybridized carbons (Fsp3) is 0.0556. The highest BCUT2D eigenvalue weighted by Crippen LogP contribution is 2.34. The number of nitro groups is 1. The molecule has 0 saturated carbocycles. The highest BCUT2D eigenvalue weighted by molar-refractivity contribution is 7.85. The molecule has 28 heavy (non-hydrogen) atoms. The lowest BCUT2D eigenvalue weighted by atomic mass is 10.1. The van der Waals surface area contributed by atoms with E-state index in [0.717, 1.165) is 6.07 Å². The third kappa shape index (κ3) is 3.63. The maximum absolute atomic E-state index is 12.5. The standard InChI is InChI=1S/C18H14N2O7S/c1-10-2-7-16(20(23)24)14(8-10)18(22)19-15-6-3-11-9-12(28(25,26)27)4-5-13(11)17(15)21/h2-9,21H,1H3,(H,19,22)(H,25,26,27). The van der Waals surface area contributed by atoms with Crippen LogP contribution in [0.2, 0.25) is 0 Å². The van der Waals surface area contributed by atoms with Crippen molar-refractivity contribution in [2.24, 2.45) is 0 Å². The van der Waals surface area contributed by atoms with Gasteiger partial charge in [-0.05, 0) is 48.2 Å². The number of phenols is 1. The molecule has 0 aliphatic carbocycles. The smallest absolute Gasteiger partial charge is 0.294 e. The van der Waals surface area contributed by atoms with Crippen LogP contribution in [0.15, 0.2) is 53.4 Å². The molecule has 0 heterocycles. The van der Waals surface area contributed by atoms with Crippen LogP contribution in [0.4, 0.5) is 11.4 Å². The molecule has 0 aliphatic rings. The van der Waals surface area contributed by atoms with Crippen LogP contribution in [0, 0.1) is 17.0 Å². The maximum Gasteiger partial charge on any atom is 0.294 e. The van der Waals surface area contributed by atoms with Crippen molar-refractivity contribution in [1.29, 1.82) is 0 Å². The minimum atomic E-state index is -4.40. The number of aryl methyl sites for hydroxylation is 1. The van der Waals surface area contributed by atoms with Crippen molar-refractivity contribution in [3.05, 3.63) is 69.8 Å². The second-order valence-corrected chi connectivity index (χ2v) is 7.47. The van der Waals surface area contributed by atoms with Crippen LogP contribution in [0.25, 0.3) is 10.8 Å². The van der Waals surface area contributed by atoms with E-state index >= 15 is 0 Å². The Bertz CT molecular complexity index is 1240. The van der Waals surface area contributed by atoms with Crippen molar-refractivity contribution in [2.45, 2.75) is 11.8 Å². The predicted octanol–water partition coefficient (Wildman–Crippen LogP) is 3.26. The highest BCUT2D eigenvalue weighted by atomic mass is 32.2. The molecule has 0 aliphatic heterocycles. The van der Waals surface area contributed by atoms with Gasteiger partial charge in [0.05, 0.1) is 15.5 Å².